The van der Waals surface area contributed by atoms with Gasteiger partial charge in [-0.1, -0.05) is 6.07 Å². The highest BCUT2D eigenvalue weighted by molar-refractivity contribution is 5.96. The molecule has 140 valence electrons. The van der Waals surface area contributed by atoms with Crippen molar-refractivity contribution in [2.24, 2.45) is 0 Å². The van der Waals surface area contributed by atoms with E-state index >= 15 is 0 Å². The Morgan fingerprint density at radius 2 is 1.70 bits per heavy atom. The number of amides is 2. The highest BCUT2D eigenvalue weighted by Crippen LogP contribution is 2.17. The number of carbonyl (C=O) groups is 2. The van der Waals surface area contributed by atoms with E-state index in [9.17, 15) is 22.8 Å². The first-order valence-corrected chi connectivity index (χ1v) is 7.84. The van der Waals surface area contributed by atoms with Crippen LogP contribution in [-0.4, -0.2) is 31.4 Å². The van der Waals surface area contributed by atoms with Crippen molar-refractivity contribution in [3.05, 3.63) is 65.0 Å². The van der Waals surface area contributed by atoms with E-state index in [1.807, 2.05) is 0 Å². The molecule has 0 saturated heterocycles. The minimum atomic E-state index is -0.898. The molecule has 0 heterocycles. The third-order valence-corrected chi connectivity index (χ3v) is 3.42. The lowest BCUT2D eigenvalue weighted by Gasteiger charge is -2.10. The molecule has 0 aliphatic rings. The fourth-order valence-electron chi connectivity index (χ4n) is 2.19. The molecule has 0 unspecified atom stereocenters. The lowest BCUT2D eigenvalue weighted by molar-refractivity contribution is -0.120. The highest BCUT2D eigenvalue weighted by Gasteiger charge is 2.11. The SMILES string of the molecule is N#Cc1c(F)cccc1NCCNC(=O)CNC(=O)c1cc(F)cc(F)c1. The second-order valence-electron chi connectivity index (χ2n) is 5.39. The van der Waals surface area contributed by atoms with E-state index in [1.54, 1.807) is 6.07 Å². The lowest BCUT2D eigenvalue weighted by atomic mass is 10.2. The molecule has 0 aromatic heterocycles. The first kappa shape index (κ1) is 19.8. The van der Waals surface area contributed by atoms with Crippen LogP contribution in [0.2, 0.25) is 0 Å². The second kappa shape index (κ2) is 9.24. The van der Waals surface area contributed by atoms with Gasteiger partial charge in [0.1, 0.15) is 29.1 Å². The second-order valence-corrected chi connectivity index (χ2v) is 5.39. The van der Waals surface area contributed by atoms with E-state index in [-0.39, 0.29) is 30.8 Å². The standard InChI is InChI=1S/C18H15F3N4O2/c19-12-6-11(7-13(20)8-12)18(27)25-10-17(26)24-5-4-23-16-3-1-2-15(21)14(16)9-22/h1-3,6-8,23H,4-5,10H2,(H,24,26)(H,25,27). The summed E-state index contributed by atoms with van der Waals surface area (Å²) in [5.41, 5.74) is -0.0660. The summed E-state index contributed by atoms with van der Waals surface area (Å²) in [5, 5.41) is 16.5. The smallest absolute Gasteiger partial charge is 0.251 e. The molecule has 2 aromatic rings. The molecule has 0 fully saturated rings. The van der Waals surface area contributed by atoms with Crippen LogP contribution in [0.25, 0.3) is 0 Å². The Balaban J connectivity index is 1.75. The molecular formula is C18H15F3N4O2. The molecule has 0 radical (unpaired) electrons. The van der Waals surface area contributed by atoms with Gasteiger partial charge in [0.15, 0.2) is 0 Å². The summed E-state index contributed by atoms with van der Waals surface area (Å²) in [6, 6.07) is 8.22. The number of rotatable bonds is 7. The fourth-order valence-corrected chi connectivity index (χ4v) is 2.19. The number of anilines is 1. The van der Waals surface area contributed by atoms with Crippen molar-refractivity contribution in [1.82, 2.24) is 10.6 Å². The molecule has 27 heavy (non-hydrogen) atoms. The van der Waals surface area contributed by atoms with Crippen LogP contribution in [0.5, 0.6) is 0 Å². The van der Waals surface area contributed by atoms with Crippen LogP contribution in [-0.2, 0) is 4.79 Å². The van der Waals surface area contributed by atoms with Crippen LogP contribution in [0.3, 0.4) is 0 Å². The van der Waals surface area contributed by atoms with Crippen LogP contribution in [0.1, 0.15) is 15.9 Å². The Kier molecular flexibility index (Phi) is 6.77. The van der Waals surface area contributed by atoms with Crippen molar-refractivity contribution < 1.29 is 22.8 Å². The molecule has 2 rings (SSSR count). The maximum absolute atomic E-state index is 13.4. The van der Waals surface area contributed by atoms with Crippen LogP contribution in [0, 0.1) is 28.8 Å². The van der Waals surface area contributed by atoms with Gasteiger partial charge in [-0.15, -0.1) is 0 Å². The number of hydrogen-bond donors (Lipinski definition) is 3. The van der Waals surface area contributed by atoms with Gasteiger partial charge in [0.25, 0.3) is 5.91 Å². The molecule has 0 saturated carbocycles. The van der Waals surface area contributed by atoms with Crippen molar-refractivity contribution in [3.8, 4) is 6.07 Å². The van der Waals surface area contributed by atoms with E-state index in [0.717, 1.165) is 12.1 Å². The molecular weight excluding hydrogens is 361 g/mol. The molecule has 0 atom stereocenters. The molecule has 9 heteroatoms. The van der Waals surface area contributed by atoms with E-state index in [1.165, 1.54) is 18.2 Å². The van der Waals surface area contributed by atoms with Crippen LogP contribution in [0.4, 0.5) is 18.9 Å². The summed E-state index contributed by atoms with van der Waals surface area (Å²) in [7, 11) is 0. The molecule has 0 spiro atoms. The Bertz CT molecular complexity index is 876. The Hall–Kier alpha value is -3.54. The van der Waals surface area contributed by atoms with Crippen molar-refractivity contribution in [3.63, 3.8) is 0 Å². The number of nitriles is 1. The molecule has 2 amide bonds. The summed E-state index contributed by atoms with van der Waals surface area (Å²) in [5.74, 6) is -3.76. The predicted octanol–water partition coefficient (Wildman–Crippen LogP) is 1.93. The van der Waals surface area contributed by atoms with Gasteiger partial charge in [0.05, 0.1) is 12.2 Å². The van der Waals surface area contributed by atoms with Gasteiger partial charge in [0, 0.05) is 24.7 Å². The summed E-state index contributed by atoms with van der Waals surface area (Å²) in [4.78, 5) is 23.5. The minimum absolute atomic E-state index is 0.126. The topological polar surface area (TPSA) is 94.0 Å². The Morgan fingerprint density at radius 1 is 1.00 bits per heavy atom. The first-order valence-electron chi connectivity index (χ1n) is 7.84. The van der Waals surface area contributed by atoms with Gasteiger partial charge in [0.2, 0.25) is 5.91 Å². The van der Waals surface area contributed by atoms with E-state index in [4.69, 9.17) is 5.26 Å². The molecule has 0 aliphatic carbocycles. The Morgan fingerprint density at radius 3 is 2.37 bits per heavy atom. The maximum atomic E-state index is 13.4. The number of benzene rings is 2. The average molecular weight is 376 g/mol. The molecule has 0 aliphatic heterocycles. The zero-order valence-electron chi connectivity index (χ0n) is 14.0. The third kappa shape index (κ3) is 5.74. The van der Waals surface area contributed by atoms with Gasteiger partial charge in [-0.05, 0) is 24.3 Å². The van der Waals surface area contributed by atoms with Gasteiger partial charge in [-0.2, -0.15) is 5.26 Å². The summed E-state index contributed by atoms with van der Waals surface area (Å²) in [6.07, 6.45) is 0. The van der Waals surface area contributed by atoms with Gasteiger partial charge in [-0.3, -0.25) is 9.59 Å². The van der Waals surface area contributed by atoms with Crippen LogP contribution >= 0.6 is 0 Å². The normalized spacial score (nSPS) is 10.0. The monoisotopic (exact) mass is 376 g/mol. The van der Waals surface area contributed by atoms with E-state index < -0.39 is 29.3 Å². The molecule has 3 N–H and O–H groups in total. The largest absolute Gasteiger partial charge is 0.382 e. The zero-order valence-corrected chi connectivity index (χ0v) is 14.0. The number of hydrogen-bond acceptors (Lipinski definition) is 4. The average Bonchev–Trinajstić information content (AvgIpc) is 2.62. The number of carbonyl (C=O) groups excluding carboxylic acids is 2. The molecule has 2 aromatic carbocycles. The lowest BCUT2D eigenvalue weighted by Crippen LogP contribution is -2.38. The first-order chi connectivity index (χ1) is 12.9. The summed E-state index contributed by atoms with van der Waals surface area (Å²) in [6.45, 7) is -0.0298. The summed E-state index contributed by atoms with van der Waals surface area (Å²) >= 11 is 0. The quantitative estimate of drug-likeness (QED) is 0.644. The van der Waals surface area contributed by atoms with E-state index in [0.29, 0.717) is 11.8 Å². The van der Waals surface area contributed by atoms with Gasteiger partial charge >= 0.3 is 0 Å². The molecule has 6 nitrogen and oxygen atoms in total. The predicted molar refractivity (Wildman–Crippen MR) is 91.3 cm³/mol. The van der Waals surface area contributed by atoms with Crippen molar-refractivity contribution in [1.29, 1.82) is 5.26 Å². The maximum Gasteiger partial charge on any atom is 0.251 e. The van der Waals surface area contributed by atoms with Crippen molar-refractivity contribution >= 4 is 17.5 Å². The number of halogens is 3. The third-order valence-electron chi connectivity index (χ3n) is 3.42. The van der Waals surface area contributed by atoms with E-state index in [2.05, 4.69) is 16.0 Å². The molecule has 0 bridgehead atoms. The fraction of sp³-hybridized carbons (Fsp3) is 0.167. The Labute approximate surface area is 153 Å². The number of nitrogens with one attached hydrogen (secondary N) is 3. The highest BCUT2D eigenvalue weighted by atomic mass is 19.1. The number of nitrogens with zero attached hydrogens (tertiary/aromatic N) is 1. The summed E-state index contributed by atoms with van der Waals surface area (Å²) < 4.78 is 39.6. The van der Waals surface area contributed by atoms with Crippen LogP contribution < -0.4 is 16.0 Å². The van der Waals surface area contributed by atoms with Gasteiger partial charge < -0.3 is 16.0 Å². The zero-order chi connectivity index (χ0) is 19.8. The minimum Gasteiger partial charge on any atom is -0.382 e. The van der Waals surface area contributed by atoms with Gasteiger partial charge in [-0.25, -0.2) is 13.2 Å². The van der Waals surface area contributed by atoms with Crippen molar-refractivity contribution in [2.45, 2.75) is 0 Å². The van der Waals surface area contributed by atoms with Crippen molar-refractivity contribution in [2.75, 3.05) is 25.0 Å². The van der Waals surface area contributed by atoms with Crippen LogP contribution in [0.15, 0.2) is 36.4 Å².